The number of amides is 1. The number of sulfonamides is 1. The first kappa shape index (κ1) is 51.5. The molecule has 19 heteroatoms. The van der Waals surface area contributed by atoms with Gasteiger partial charge >= 0.3 is 5.51 Å². The van der Waals surface area contributed by atoms with Gasteiger partial charge in [-0.2, -0.15) is 13.2 Å². The predicted molar refractivity (Wildman–Crippen MR) is 269 cm³/mol. The van der Waals surface area contributed by atoms with Crippen molar-refractivity contribution in [2.75, 3.05) is 56.0 Å². The normalized spacial score (nSPS) is 19.5. The standard InChI is InChI=1S/C51H63ClF3N7O6S2/c1-34(22-25-60-26-23-43(63)24-27-60)56-45-21-20-44(33-46(45)69(65,66)51(53,54)55)70(67,68)58-40-16-18-41(19-17-40)61-28-30-62(31-29-61)42-11-7-8-37(32-42)48-47(50(64)57-39-9-5-4-6-10-39)35(2)59(3)49(48)36-12-14-38(52)15-13-36/h7-8,11-16,18-21,32-34,39-40,43,56,58,63H,4-6,9-10,17,22-31H2,1-3H3,(H,57,64)/t34-,40?/m0/s1. The number of halogens is 4. The van der Waals surface area contributed by atoms with Crippen LogP contribution in [0.4, 0.5) is 24.5 Å². The number of carbonyl (C=O) groups excluding carboxylic acids is 1. The van der Waals surface area contributed by atoms with Crippen molar-refractivity contribution in [1.29, 1.82) is 0 Å². The van der Waals surface area contributed by atoms with Crippen LogP contribution in [0.15, 0.2) is 100 Å². The molecule has 0 spiro atoms. The quantitative estimate of drug-likeness (QED) is 0.0910. The van der Waals surface area contributed by atoms with Crippen LogP contribution < -0.4 is 20.3 Å². The lowest BCUT2D eigenvalue weighted by molar-refractivity contribution is -0.0435. The average molecular weight is 1030 g/mol. The van der Waals surface area contributed by atoms with E-state index in [1.54, 1.807) is 13.0 Å². The summed E-state index contributed by atoms with van der Waals surface area (Å²) in [6, 6.07) is 17.7. The maximum atomic E-state index is 14.2. The number of allylic oxidation sites excluding steroid dienone is 1. The molecule has 3 heterocycles. The van der Waals surface area contributed by atoms with Crippen LogP contribution in [0.1, 0.15) is 80.8 Å². The van der Waals surface area contributed by atoms with Gasteiger partial charge in [0.25, 0.3) is 15.7 Å². The molecule has 3 aromatic carbocycles. The van der Waals surface area contributed by atoms with Crippen molar-refractivity contribution >= 4 is 48.7 Å². The Labute approximate surface area is 414 Å². The third-order valence-corrected chi connectivity index (χ3v) is 17.5. The lowest BCUT2D eigenvalue weighted by Gasteiger charge is -2.38. The highest BCUT2D eigenvalue weighted by Gasteiger charge is 2.48. The van der Waals surface area contributed by atoms with E-state index in [4.69, 9.17) is 11.6 Å². The molecular formula is C51H63ClF3N7O6S2. The molecule has 1 saturated carbocycles. The average Bonchev–Trinajstić information content (AvgIpc) is 3.61. The summed E-state index contributed by atoms with van der Waals surface area (Å²) in [5, 5.41) is 16.6. The highest BCUT2D eigenvalue weighted by atomic mass is 35.5. The molecule has 2 aliphatic heterocycles. The summed E-state index contributed by atoms with van der Waals surface area (Å²) in [7, 11) is -8.41. The van der Waals surface area contributed by atoms with Crippen LogP contribution >= 0.6 is 11.6 Å². The molecule has 1 amide bonds. The molecule has 2 aliphatic carbocycles. The number of likely N-dealkylation sites (tertiary alicyclic amines) is 1. The molecule has 13 nitrogen and oxygen atoms in total. The predicted octanol–water partition coefficient (Wildman–Crippen LogP) is 8.64. The van der Waals surface area contributed by atoms with Crippen LogP contribution in [0.2, 0.25) is 5.02 Å². The van der Waals surface area contributed by atoms with Gasteiger partial charge in [0.1, 0.15) is 4.90 Å². The summed E-state index contributed by atoms with van der Waals surface area (Å²) >= 11 is 6.31. The summed E-state index contributed by atoms with van der Waals surface area (Å²) in [6.45, 7) is 8.36. The van der Waals surface area contributed by atoms with Gasteiger partial charge in [0.05, 0.1) is 27.9 Å². The number of benzene rings is 3. The van der Waals surface area contributed by atoms with E-state index in [0.29, 0.717) is 81.7 Å². The lowest BCUT2D eigenvalue weighted by Crippen LogP contribution is -2.46. The molecule has 378 valence electrons. The number of piperidine rings is 1. The molecule has 0 radical (unpaired) electrons. The fourth-order valence-electron chi connectivity index (χ4n) is 10.1. The second kappa shape index (κ2) is 21.5. The number of aliphatic hydroxyl groups is 1. The Kier molecular flexibility index (Phi) is 15.8. The Balaban J connectivity index is 0.926. The molecule has 8 rings (SSSR count). The van der Waals surface area contributed by atoms with E-state index < -0.39 is 47.2 Å². The van der Waals surface area contributed by atoms with Crippen molar-refractivity contribution in [3.63, 3.8) is 0 Å². The molecule has 0 bridgehead atoms. The molecule has 4 aromatic rings. The SMILES string of the molecule is Cc1c(C(=O)NC2CCCCC2)c(-c2cccc(N3CCN(C4=CCC(NS(=O)(=O)c5ccc(N[C@@H](C)CCN6CCC(O)CC6)c(S(=O)(=O)C(F)(F)F)c5)C=C4)CC3)c2)c(-c2ccc(Cl)cc2)n1C. The smallest absolute Gasteiger partial charge is 0.393 e. The third-order valence-electron chi connectivity index (χ3n) is 14.2. The second-order valence-electron chi connectivity index (χ2n) is 19.0. The zero-order valence-corrected chi connectivity index (χ0v) is 42.2. The monoisotopic (exact) mass is 1030 g/mol. The molecule has 1 aromatic heterocycles. The van der Waals surface area contributed by atoms with Crippen LogP contribution in [-0.4, -0.2) is 118 Å². The van der Waals surface area contributed by atoms with E-state index in [9.17, 15) is 39.9 Å². The minimum atomic E-state index is -5.94. The van der Waals surface area contributed by atoms with Crippen LogP contribution in [0.25, 0.3) is 22.4 Å². The minimum absolute atomic E-state index is 0.0708. The van der Waals surface area contributed by atoms with Gasteiger partial charge in [0.15, 0.2) is 0 Å². The molecule has 3 fully saturated rings. The zero-order valence-electron chi connectivity index (χ0n) is 39.8. The number of aromatic nitrogens is 1. The Morgan fingerprint density at radius 3 is 2.21 bits per heavy atom. The van der Waals surface area contributed by atoms with Crippen LogP contribution in [0.5, 0.6) is 0 Å². The number of aliphatic hydroxyl groups excluding tert-OH is 1. The van der Waals surface area contributed by atoms with Gasteiger partial charge in [-0.05, 0) is 112 Å². The van der Waals surface area contributed by atoms with Gasteiger partial charge in [-0.1, -0.05) is 67.3 Å². The number of alkyl halides is 3. The third kappa shape index (κ3) is 11.6. The number of nitrogens with one attached hydrogen (secondary N) is 3. The number of hydrogen-bond donors (Lipinski definition) is 4. The number of rotatable bonds is 15. The number of sulfone groups is 1. The Morgan fingerprint density at radius 2 is 1.56 bits per heavy atom. The van der Waals surface area contributed by atoms with Gasteiger partial charge in [-0.3, -0.25) is 4.79 Å². The van der Waals surface area contributed by atoms with Crippen LogP contribution in [-0.2, 0) is 26.9 Å². The van der Waals surface area contributed by atoms with Crippen molar-refractivity contribution in [1.82, 2.24) is 24.4 Å². The fraction of sp³-hybridized carbons (Fsp3) is 0.471. The van der Waals surface area contributed by atoms with Crippen molar-refractivity contribution in [2.45, 2.75) is 111 Å². The summed E-state index contributed by atoms with van der Waals surface area (Å²) in [6.07, 6.45) is 12.4. The Bertz CT molecular complexity index is 2820. The molecular weight excluding hydrogens is 963 g/mol. The van der Waals surface area contributed by atoms with Crippen molar-refractivity contribution in [2.24, 2.45) is 7.05 Å². The van der Waals surface area contributed by atoms with Crippen LogP contribution in [0.3, 0.4) is 0 Å². The van der Waals surface area contributed by atoms with Crippen molar-refractivity contribution in [3.05, 3.63) is 107 Å². The number of anilines is 2. The van der Waals surface area contributed by atoms with E-state index in [1.165, 1.54) is 6.42 Å². The van der Waals surface area contributed by atoms with E-state index in [-0.39, 0.29) is 30.2 Å². The maximum absolute atomic E-state index is 14.2. The highest BCUT2D eigenvalue weighted by molar-refractivity contribution is 7.92. The molecule has 2 saturated heterocycles. The first-order valence-electron chi connectivity index (χ1n) is 24.2. The van der Waals surface area contributed by atoms with Gasteiger partial charge in [-0.25, -0.2) is 21.6 Å². The summed E-state index contributed by atoms with van der Waals surface area (Å²) in [4.78, 5) is 19.1. The first-order valence-corrected chi connectivity index (χ1v) is 27.5. The summed E-state index contributed by atoms with van der Waals surface area (Å²) < 4.78 is 99.6. The highest BCUT2D eigenvalue weighted by Crippen LogP contribution is 2.41. The van der Waals surface area contributed by atoms with Gasteiger partial charge in [0, 0.05) is 98.7 Å². The number of nitrogens with zero attached hydrogens (tertiary/aromatic N) is 4. The van der Waals surface area contributed by atoms with Gasteiger partial charge in [0.2, 0.25) is 10.0 Å². The number of carbonyl (C=O) groups is 1. The Hall–Kier alpha value is -4.85. The number of hydrogen-bond acceptors (Lipinski definition) is 10. The van der Waals surface area contributed by atoms with Crippen molar-refractivity contribution < 1.29 is 39.9 Å². The van der Waals surface area contributed by atoms with E-state index in [1.807, 2.05) is 56.5 Å². The molecule has 1 unspecified atom stereocenters. The first-order chi connectivity index (χ1) is 33.3. The lowest BCUT2D eigenvalue weighted by atomic mass is 9.93. The largest absolute Gasteiger partial charge is 0.501 e. The molecule has 4 N–H and O–H groups in total. The molecule has 70 heavy (non-hydrogen) atoms. The van der Waals surface area contributed by atoms with Crippen LogP contribution in [0, 0.1) is 6.92 Å². The summed E-state index contributed by atoms with van der Waals surface area (Å²) in [5.74, 6) is -0.0708. The molecule has 4 aliphatic rings. The topological polar surface area (TPSA) is 156 Å². The van der Waals surface area contributed by atoms with E-state index in [0.717, 1.165) is 77.3 Å². The molecule has 2 atom stereocenters. The van der Waals surface area contributed by atoms with E-state index in [2.05, 4.69) is 52.8 Å². The van der Waals surface area contributed by atoms with Crippen molar-refractivity contribution in [3.8, 4) is 22.4 Å². The van der Waals surface area contributed by atoms with Gasteiger partial charge in [-0.15, -0.1) is 0 Å². The van der Waals surface area contributed by atoms with E-state index >= 15 is 0 Å². The maximum Gasteiger partial charge on any atom is 0.501 e. The fourth-order valence-corrected chi connectivity index (χ4v) is 12.5. The Morgan fingerprint density at radius 1 is 0.871 bits per heavy atom. The summed E-state index contributed by atoms with van der Waals surface area (Å²) in [5.41, 5.74) is 1.12. The number of piperazine rings is 1. The van der Waals surface area contributed by atoms with Gasteiger partial charge < -0.3 is 35.0 Å². The second-order valence-corrected chi connectivity index (χ2v) is 23.1. The minimum Gasteiger partial charge on any atom is -0.393 e. The zero-order chi connectivity index (χ0) is 50.0.